The molecule has 9 heteroatoms. The molecule has 0 bridgehead atoms. The van der Waals surface area contributed by atoms with E-state index in [1.807, 2.05) is 18.2 Å². The number of H-pyrrole nitrogens is 1. The molecule has 3 heterocycles. The average molecular weight is 382 g/mol. The fourth-order valence-corrected chi connectivity index (χ4v) is 2.93. The summed E-state index contributed by atoms with van der Waals surface area (Å²) in [6.45, 7) is 1.12. The fraction of sp³-hybridized carbons (Fsp3) is 0.263. The summed E-state index contributed by atoms with van der Waals surface area (Å²) in [5.74, 6) is 0.780. The van der Waals surface area contributed by atoms with Crippen LogP contribution in [-0.4, -0.2) is 45.3 Å². The molecule has 1 amide bonds. The number of rotatable bonds is 4. The molecular weight excluding hydrogens is 364 g/mol. The number of aromatic nitrogens is 3. The number of para-hydroxylation sites is 1. The van der Waals surface area contributed by atoms with Crippen LogP contribution in [0.1, 0.15) is 12.8 Å². The summed E-state index contributed by atoms with van der Waals surface area (Å²) in [4.78, 5) is 31.5. The zero-order valence-corrected chi connectivity index (χ0v) is 14.9. The summed E-state index contributed by atoms with van der Waals surface area (Å²) < 4.78 is 15.8. The molecule has 0 atom stereocenters. The van der Waals surface area contributed by atoms with Gasteiger partial charge in [-0.15, -0.1) is 0 Å². The number of piperidine rings is 1. The number of hydrogen-bond donors (Lipinski definition) is 1. The molecular formula is C19H18N4O5. The number of nitrogens with zero attached hydrogens (tertiary/aromatic N) is 3. The van der Waals surface area contributed by atoms with Gasteiger partial charge in [-0.3, -0.25) is 9.51 Å². The quantitative estimate of drug-likeness (QED) is 0.738. The van der Waals surface area contributed by atoms with Crippen LogP contribution in [0.15, 0.2) is 58.0 Å². The Bertz CT molecular complexity index is 975. The van der Waals surface area contributed by atoms with E-state index in [4.69, 9.17) is 9.47 Å². The van der Waals surface area contributed by atoms with Crippen molar-refractivity contribution in [3.05, 3.63) is 59.2 Å². The van der Waals surface area contributed by atoms with E-state index >= 15 is 0 Å². The first-order chi connectivity index (χ1) is 13.7. The van der Waals surface area contributed by atoms with Crippen molar-refractivity contribution < 1.29 is 18.8 Å². The van der Waals surface area contributed by atoms with Crippen LogP contribution in [0, 0.1) is 0 Å². The van der Waals surface area contributed by atoms with E-state index in [1.54, 1.807) is 35.4 Å². The Hall–Kier alpha value is -3.62. The van der Waals surface area contributed by atoms with Crippen LogP contribution in [0.4, 0.5) is 4.79 Å². The van der Waals surface area contributed by atoms with E-state index in [2.05, 4.69) is 19.6 Å². The molecule has 1 fully saturated rings. The third kappa shape index (κ3) is 4.20. The standard InChI is InChI=1S/C19H18N4O5/c24-18-21-17(22-28-18)16-7-6-15(12-20-16)26-14-8-10-23(11-9-14)19(25)27-13-4-2-1-3-5-13/h1-7,12,14H,8-11H2,(H,21,22,24). The van der Waals surface area contributed by atoms with Gasteiger partial charge in [-0.1, -0.05) is 23.4 Å². The number of hydrogen-bond acceptors (Lipinski definition) is 7. The van der Waals surface area contributed by atoms with E-state index in [1.165, 1.54) is 0 Å². The molecule has 0 saturated carbocycles. The highest BCUT2D eigenvalue weighted by Gasteiger charge is 2.25. The van der Waals surface area contributed by atoms with Crippen molar-refractivity contribution in [3.8, 4) is 23.0 Å². The summed E-state index contributed by atoms with van der Waals surface area (Å²) >= 11 is 0. The number of ether oxygens (including phenoxy) is 2. The van der Waals surface area contributed by atoms with Crippen LogP contribution in [0.5, 0.6) is 11.5 Å². The van der Waals surface area contributed by atoms with E-state index in [0.29, 0.717) is 43.1 Å². The second kappa shape index (κ2) is 7.95. The lowest BCUT2D eigenvalue weighted by Crippen LogP contribution is -2.43. The zero-order valence-electron chi connectivity index (χ0n) is 14.9. The predicted octanol–water partition coefficient (Wildman–Crippen LogP) is 2.47. The van der Waals surface area contributed by atoms with Crippen molar-refractivity contribution in [1.29, 1.82) is 0 Å². The number of amides is 1. The zero-order chi connectivity index (χ0) is 19.3. The van der Waals surface area contributed by atoms with Gasteiger partial charge in [0, 0.05) is 25.9 Å². The maximum Gasteiger partial charge on any atom is 0.439 e. The summed E-state index contributed by atoms with van der Waals surface area (Å²) in [6, 6.07) is 12.5. The average Bonchev–Trinajstić information content (AvgIpc) is 3.16. The number of aromatic amines is 1. The molecule has 0 aliphatic carbocycles. The molecule has 144 valence electrons. The molecule has 1 aliphatic rings. The van der Waals surface area contributed by atoms with Crippen molar-refractivity contribution in [2.75, 3.05) is 13.1 Å². The molecule has 0 unspecified atom stereocenters. The molecule has 2 aromatic heterocycles. The van der Waals surface area contributed by atoms with Crippen molar-refractivity contribution in [1.82, 2.24) is 20.0 Å². The van der Waals surface area contributed by atoms with Crippen LogP contribution in [0.25, 0.3) is 11.5 Å². The van der Waals surface area contributed by atoms with Gasteiger partial charge in [0.05, 0.1) is 6.20 Å². The van der Waals surface area contributed by atoms with Gasteiger partial charge in [-0.2, -0.15) is 0 Å². The van der Waals surface area contributed by atoms with Gasteiger partial charge in [-0.05, 0) is 24.3 Å². The molecule has 0 radical (unpaired) electrons. The normalized spacial score (nSPS) is 14.6. The minimum atomic E-state index is -0.630. The predicted molar refractivity (Wildman–Crippen MR) is 98.0 cm³/mol. The van der Waals surface area contributed by atoms with Gasteiger partial charge in [0.15, 0.2) is 0 Å². The highest BCUT2D eigenvalue weighted by atomic mass is 16.6. The number of nitrogens with one attached hydrogen (secondary N) is 1. The number of carbonyl (C=O) groups excluding carboxylic acids is 1. The number of carbonyl (C=O) groups is 1. The van der Waals surface area contributed by atoms with E-state index in [9.17, 15) is 9.59 Å². The lowest BCUT2D eigenvalue weighted by molar-refractivity contribution is 0.0928. The Labute approximate surface area is 159 Å². The lowest BCUT2D eigenvalue weighted by Gasteiger charge is -2.31. The first kappa shape index (κ1) is 17.8. The van der Waals surface area contributed by atoms with Crippen LogP contribution in [0.3, 0.4) is 0 Å². The molecule has 4 rings (SSSR count). The van der Waals surface area contributed by atoms with E-state index in [-0.39, 0.29) is 18.0 Å². The van der Waals surface area contributed by atoms with Gasteiger partial charge < -0.3 is 14.4 Å². The first-order valence-corrected chi connectivity index (χ1v) is 8.88. The number of pyridine rings is 1. The topological polar surface area (TPSA) is 111 Å². The molecule has 3 aromatic rings. The van der Waals surface area contributed by atoms with Crippen molar-refractivity contribution in [3.63, 3.8) is 0 Å². The van der Waals surface area contributed by atoms with Crippen molar-refractivity contribution in [2.45, 2.75) is 18.9 Å². The lowest BCUT2D eigenvalue weighted by atomic mass is 10.1. The highest BCUT2D eigenvalue weighted by Crippen LogP contribution is 2.21. The second-order valence-corrected chi connectivity index (χ2v) is 6.31. The molecule has 1 N–H and O–H groups in total. The Balaban J connectivity index is 1.28. The highest BCUT2D eigenvalue weighted by molar-refractivity contribution is 5.70. The second-order valence-electron chi connectivity index (χ2n) is 6.31. The fourth-order valence-electron chi connectivity index (χ4n) is 2.93. The third-order valence-corrected chi connectivity index (χ3v) is 4.37. The number of benzene rings is 1. The Kier molecular flexibility index (Phi) is 5.05. The van der Waals surface area contributed by atoms with Crippen LogP contribution < -0.4 is 15.2 Å². The largest absolute Gasteiger partial charge is 0.489 e. The van der Waals surface area contributed by atoms with Crippen LogP contribution in [0.2, 0.25) is 0 Å². The Morgan fingerprint density at radius 3 is 2.54 bits per heavy atom. The molecule has 1 aliphatic heterocycles. The summed E-state index contributed by atoms with van der Waals surface area (Å²) in [6.07, 6.45) is 2.60. The molecule has 9 nitrogen and oxygen atoms in total. The SMILES string of the molecule is O=C(Oc1ccccc1)N1CCC(Oc2ccc(-c3noc(=O)[nH]3)nc2)CC1. The Morgan fingerprint density at radius 2 is 1.89 bits per heavy atom. The smallest absolute Gasteiger partial charge is 0.439 e. The molecule has 1 saturated heterocycles. The van der Waals surface area contributed by atoms with Gasteiger partial charge in [-0.25, -0.2) is 14.6 Å². The van der Waals surface area contributed by atoms with E-state index in [0.717, 1.165) is 0 Å². The monoisotopic (exact) mass is 382 g/mol. The molecule has 1 aromatic carbocycles. The van der Waals surface area contributed by atoms with Crippen LogP contribution in [-0.2, 0) is 0 Å². The molecule has 28 heavy (non-hydrogen) atoms. The Morgan fingerprint density at radius 1 is 1.11 bits per heavy atom. The summed E-state index contributed by atoms with van der Waals surface area (Å²) in [5.41, 5.74) is 0.483. The molecule has 0 spiro atoms. The van der Waals surface area contributed by atoms with Gasteiger partial charge in [0.2, 0.25) is 5.82 Å². The number of likely N-dealkylation sites (tertiary alicyclic amines) is 1. The summed E-state index contributed by atoms with van der Waals surface area (Å²) in [7, 11) is 0. The van der Waals surface area contributed by atoms with Crippen molar-refractivity contribution in [2.24, 2.45) is 0 Å². The van der Waals surface area contributed by atoms with Crippen molar-refractivity contribution >= 4 is 6.09 Å². The van der Waals surface area contributed by atoms with Gasteiger partial charge >= 0.3 is 11.8 Å². The summed E-state index contributed by atoms with van der Waals surface area (Å²) in [5, 5.41) is 3.59. The van der Waals surface area contributed by atoms with E-state index < -0.39 is 5.76 Å². The van der Waals surface area contributed by atoms with Gasteiger partial charge in [0.25, 0.3) is 0 Å². The maximum atomic E-state index is 12.2. The van der Waals surface area contributed by atoms with Gasteiger partial charge in [0.1, 0.15) is 23.3 Å². The third-order valence-electron chi connectivity index (χ3n) is 4.37. The van der Waals surface area contributed by atoms with Crippen LogP contribution >= 0.6 is 0 Å². The maximum absolute atomic E-state index is 12.2. The first-order valence-electron chi connectivity index (χ1n) is 8.88. The minimum Gasteiger partial charge on any atom is -0.489 e. The minimum absolute atomic E-state index is 0.0136.